The third-order valence-electron chi connectivity index (χ3n) is 11.6. The molecule has 0 spiro atoms. The lowest BCUT2D eigenvalue weighted by Gasteiger charge is -2.26. The van der Waals surface area contributed by atoms with Gasteiger partial charge in [0.1, 0.15) is 29.6 Å². The van der Waals surface area contributed by atoms with E-state index in [0.29, 0.717) is 62.4 Å². The zero-order chi connectivity index (χ0) is 53.0. The fourth-order valence-electron chi connectivity index (χ4n) is 7.23. The number of nitrogens with one attached hydrogen (secondary N) is 2. The van der Waals surface area contributed by atoms with Crippen LogP contribution in [0.5, 0.6) is 23.0 Å². The van der Waals surface area contributed by atoms with Crippen LogP contribution in [0.3, 0.4) is 0 Å². The first-order valence-corrected chi connectivity index (χ1v) is 25.7. The fraction of sp³-hybridized carbons (Fsp3) is 0.475. The van der Waals surface area contributed by atoms with Gasteiger partial charge in [-0.15, -0.1) is 0 Å². The van der Waals surface area contributed by atoms with Crippen LogP contribution in [0, 0.1) is 0 Å². The molecular weight excluding hydrogens is 923 g/mol. The molecular formula is C59H81N5O9. The molecule has 73 heavy (non-hydrogen) atoms. The molecule has 0 aliphatic carbocycles. The van der Waals surface area contributed by atoms with Crippen LogP contribution < -0.4 is 29.6 Å². The molecule has 2 saturated heterocycles. The minimum absolute atomic E-state index is 0.0262. The second-order valence-electron chi connectivity index (χ2n) is 19.4. The average molecular weight is 1000 g/mol. The second kappa shape index (κ2) is 32.5. The Balaban J connectivity index is 0.000000212. The van der Waals surface area contributed by atoms with Crippen LogP contribution in [0.15, 0.2) is 116 Å². The van der Waals surface area contributed by atoms with Gasteiger partial charge in [0.05, 0.1) is 13.2 Å². The van der Waals surface area contributed by atoms with E-state index in [9.17, 15) is 14.4 Å². The van der Waals surface area contributed by atoms with E-state index in [2.05, 4.69) is 106 Å². The molecule has 5 aromatic rings. The van der Waals surface area contributed by atoms with Gasteiger partial charge in [0.15, 0.2) is 25.6 Å². The lowest BCUT2D eigenvalue weighted by Crippen LogP contribution is -2.42. The number of benzene rings is 4. The summed E-state index contributed by atoms with van der Waals surface area (Å²) in [6.07, 6.45) is 5.20. The minimum Gasteiger partial charge on any atom is -0.486 e. The van der Waals surface area contributed by atoms with Gasteiger partial charge in [0.2, 0.25) is 0 Å². The van der Waals surface area contributed by atoms with Crippen LogP contribution >= 0.6 is 0 Å². The Bertz CT molecular complexity index is 2360. The second-order valence-corrected chi connectivity index (χ2v) is 19.4. The molecule has 1 aromatic heterocycles. The van der Waals surface area contributed by atoms with Crippen molar-refractivity contribution in [2.75, 3.05) is 59.3 Å². The van der Waals surface area contributed by atoms with Crippen LogP contribution in [-0.2, 0) is 30.5 Å². The van der Waals surface area contributed by atoms with Gasteiger partial charge >= 0.3 is 0 Å². The first kappa shape index (κ1) is 59.1. The smallest absolute Gasteiger partial charge is 0.260 e. The Labute approximate surface area is 434 Å². The average Bonchev–Trinajstić information content (AvgIpc) is 3.40. The van der Waals surface area contributed by atoms with E-state index >= 15 is 0 Å². The third-order valence-corrected chi connectivity index (χ3v) is 11.6. The zero-order valence-electron chi connectivity index (χ0n) is 44.9. The highest BCUT2D eigenvalue weighted by molar-refractivity contribution is 5.78. The first-order valence-electron chi connectivity index (χ1n) is 25.7. The van der Waals surface area contributed by atoms with Crippen molar-refractivity contribution in [2.45, 2.75) is 124 Å². The standard InChI is InChI=1S/C16H23NO3.C15H21NO3.C14H16N2O.C14H21NO2/c1-12(2)13-4-3-5-15(10-13)20-11-16(18)17-14-6-8-19-9-7-14;1-12(2)13-4-3-5-14(10-13)19-11-15(17)16-6-8-18-9-7-16;1-11(2)12-5-3-6-13(9-12)17-10-14-15-7-4-8-16-14;1-10(2)12-6-5-7-13(8-12)17-9-14(16)15-11(3)4/h3-5,10,12,14H,6-9,11H2,1-2H3,(H,17,18);3-5,10,12H,6-9,11H2,1-2H3;3-9,11H,10H2,1-2H3;5-8,10-11H,9H2,1-4H3,(H,15,16). The van der Waals surface area contributed by atoms with E-state index in [-0.39, 0.29) is 49.6 Å². The van der Waals surface area contributed by atoms with Gasteiger partial charge in [-0.1, -0.05) is 104 Å². The number of ether oxygens (including phenoxy) is 6. The maximum absolute atomic E-state index is 11.9. The molecule has 0 saturated carbocycles. The van der Waals surface area contributed by atoms with Crippen LogP contribution in [0.2, 0.25) is 0 Å². The number of nitrogens with zero attached hydrogens (tertiary/aromatic N) is 3. The highest BCUT2D eigenvalue weighted by Crippen LogP contribution is 2.23. The van der Waals surface area contributed by atoms with Crippen LogP contribution in [0.1, 0.15) is 134 Å². The summed E-state index contributed by atoms with van der Waals surface area (Å²) in [4.78, 5) is 45.2. The molecule has 0 bridgehead atoms. The number of aromatic nitrogens is 2. The van der Waals surface area contributed by atoms with Gasteiger partial charge < -0.3 is 44.0 Å². The van der Waals surface area contributed by atoms with Crippen molar-refractivity contribution >= 4 is 17.7 Å². The van der Waals surface area contributed by atoms with Crippen LogP contribution in [-0.4, -0.2) is 104 Å². The summed E-state index contributed by atoms with van der Waals surface area (Å²) in [6.45, 7) is 25.6. The van der Waals surface area contributed by atoms with Crippen molar-refractivity contribution in [3.63, 3.8) is 0 Å². The predicted octanol–water partition coefficient (Wildman–Crippen LogP) is 10.4. The highest BCUT2D eigenvalue weighted by atomic mass is 16.5. The molecule has 14 nitrogen and oxygen atoms in total. The van der Waals surface area contributed by atoms with E-state index in [1.807, 2.05) is 80.6 Å². The molecule has 4 aromatic carbocycles. The van der Waals surface area contributed by atoms with Crippen molar-refractivity contribution in [3.8, 4) is 23.0 Å². The van der Waals surface area contributed by atoms with E-state index in [1.54, 1.807) is 23.4 Å². The lowest BCUT2D eigenvalue weighted by atomic mass is 10.0. The van der Waals surface area contributed by atoms with E-state index in [4.69, 9.17) is 28.4 Å². The van der Waals surface area contributed by atoms with Crippen molar-refractivity contribution in [3.05, 3.63) is 144 Å². The molecule has 2 aliphatic rings. The first-order chi connectivity index (χ1) is 35.1. The summed E-state index contributed by atoms with van der Waals surface area (Å²) in [5.74, 6) is 5.56. The largest absolute Gasteiger partial charge is 0.486 e. The van der Waals surface area contributed by atoms with Gasteiger partial charge in [0.25, 0.3) is 17.7 Å². The van der Waals surface area contributed by atoms with Crippen LogP contribution in [0.25, 0.3) is 0 Å². The van der Waals surface area contributed by atoms with Gasteiger partial charge in [0, 0.05) is 50.8 Å². The Kier molecular flexibility index (Phi) is 26.3. The number of hydrogen-bond acceptors (Lipinski definition) is 11. The summed E-state index contributed by atoms with van der Waals surface area (Å²) in [7, 11) is 0. The minimum atomic E-state index is -0.0880. The predicted molar refractivity (Wildman–Crippen MR) is 288 cm³/mol. The molecule has 2 fully saturated rings. The van der Waals surface area contributed by atoms with E-state index < -0.39 is 0 Å². The topological polar surface area (TPSA) is 160 Å². The summed E-state index contributed by atoms with van der Waals surface area (Å²) in [5.41, 5.74) is 4.92. The van der Waals surface area contributed by atoms with Crippen molar-refractivity contribution in [1.29, 1.82) is 0 Å². The maximum Gasteiger partial charge on any atom is 0.260 e. The van der Waals surface area contributed by atoms with Gasteiger partial charge in [-0.3, -0.25) is 14.4 Å². The molecule has 2 aliphatic heterocycles. The number of carbonyl (C=O) groups is 3. The normalized spacial score (nSPS) is 13.4. The van der Waals surface area contributed by atoms with Gasteiger partial charge in [-0.05, 0) is 127 Å². The highest BCUT2D eigenvalue weighted by Gasteiger charge is 2.18. The summed E-state index contributed by atoms with van der Waals surface area (Å²) in [5, 5.41) is 5.77. The summed E-state index contributed by atoms with van der Waals surface area (Å²) >= 11 is 0. The van der Waals surface area contributed by atoms with E-state index in [0.717, 1.165) is 49.1 Å². The van der Waals surface area contributed by atoms with Gasteiger partial charge in [-0.25, -0.2) is 9.97 Å². The number of carbonyl (C=O) groups excluding carboxylic acids is 3. The molecule has 14 heteroatoms. The lowest BCUT2D eigenvalue weighted by molar-refractivity contribution is -0.137. The third kappa shape index (κ3) is 23.7. The SMILES string of the molecule is CC(C)NC(=O)COc1cccc(C(C)C)c1.CC(C)c1cccc(OCC(=O)N2CCOCC2)c1.CC(C)c1cccc(OCC(=O)NC2CCOCC2)c1.CC(C)c1cccc(OCc2ncccn2)c1. The molecule has 396 valence electrons. The quantitative estimate of drug-likeness (QED) is 0.0860. The van der Waals surface area contributed by atoms with E-state index in [1.165, 1.54) is 22.3 Å². The molecule has 0 unspecified atom stereocenters. The Hall–Kier alpha value is -6.51. The molecule has 7 rings (SSSR count). The number of morpholine rings is 1. The Morgan fingerprint density at radius 3 is 1.36 bits per heavy atom. The maximum atomic E-state index is 11.9. The monoisotopic (exact) mass is 1000 g/mol. The van der Waals surface area contributed by atoms with Crippen molar-refractivity contribution in [1.82, 2.24) is 25.5 Å². The molecule has 0 atom stereocenters. The Morgan fingerprint density at radius 2 is 0.932 bits per heavy atom. The number of amides is 3. The van der Waals surface area contributed by atoms with Crippen LogP contribution in [0.4, 0.5) is 0 Å². The summed E-state index contributed by atoms with van der Waals surface area (Å²) in [6, 6.07) is 34.0. The molecule has 2 N–H and O–H groups in total. The fourth-order valence-corrected chi connectivity index (χ4v) is 7.23. The number of rotatable bonds is 18. The molecule has 0 radical (unpaired) electrons. The van der Waals surface area contributed by atoms with Gasteiger partial charge in [-0.2, -0.15) is 0 Å². The zero-order valence-corrected chi connectivity index (χ0v) is 44.9. The van der Waals surface area contributed by atoms with Crippen molar-refractivity contribution < 1.29 is 42.8 Å². The molecule has 3 amide bonds. The van der Waals surface area contributed by atoms with Crippen molar-refractivity contribution in [2.24, 2.45) is 0 Å². The molecule has 3 heterocycles. The number of hydrogen-bond donors (Lipinski definition) is 2. The summed E-state index contributed by atoms with van der Waals surface area (Å²) < 4.78 is 32.7. The Morgan fingerprint density at radius 1 is 0.534 bits per heavy atom.